The van der Waals surface area contributed by atoms with Gasteiger partial charge in [-0.15, -0.1) is 0 Å². The summed E-state index contributed by atoms with van der Waals surface area (Å²) in [5.74, 6) is 1.76. The van der Waals surface area contributed by atoms with Crippen LogP contribution in [0.2, 0.25) is 0 Å². The fraction of sp³-hybridized carbons (Fsp3) is 0.824. The Bertz CT molecular complexity index is 377. The summed E-state index contributed by atoms with van der Waals surface area (Å²) >= 11 is 0. The molecule has 0 bridgehead atoms. The molecule has 1 N–H and O–H groups in total. The molecule has 1 aromatic heterocycles. The van der Waals surface area contributed by atoms with E-state index < -0.39 is 0 Å². The Hall–Kier alpha value is -0.830. The minimum absolute atomic E-state index is 0.491. The monoisotopic (exact) mass is 277 g/mol. The van der Waals surface area contributed by atoms with E-state index in [0.717, 1.165) is 18.4 Å². The third-order valence-electron chi connectivity index (χ3n) is 4.85. The molecule has 0 saturated heterocycles. The van der Waals surface area contributed by atoms with Gasteiger partial charge in [0.05, 0.1) is 11.7 Å². The molecule has 114 valence electrons. The Morgan fingerprint density at radius 2 is 2.00 bits per heavy atom. The third kappa shape index (κ3) is 3.85. The highest BCUT2D eigenvalue weighted by Crippen LogP contribution is 2.38. The summed E-state index contributed by atoms with van der Waals surface area (Å²) < 4.78 is 2.05. The van der Waals surface area contributed by atoms with Gasteiger partial charge in [-0.1, -0.05) is 39.5 Å². The van der Waals surface area contributed by atoms with Crippen molar-refractivity contribution in [1.82, 2.24) is 15.1 Å². The van der Waals surface area contributed by atoms with Crippen molar-refractivity contribution in [2.24, 2.45) is 18.9 Å². The minimum atomic E-state index is 0.491. The van der Waals surface area contributed by atoms with E-state index in [9.17, 15) is 0 Å². The Morgan fingerprint density at radius 1 is 1.25 bits per heavy atom. The van der Waals surface area contributed by atoms with Gasteiger partial charge >= 0.3 is 0 Å². The first-order chi connectivity index (χ1) is 9.76. The number of nitrogens with zero attached hydrogens (tertiary/aromatic N) is 2. The first-order valence-corrected chi connectivity index (χ1v) is 8.47. The van der Waals surface area contributed by atoms with Crippen LogP contribution in [0.4, 0.5) is 0 Å². The van der Waals surface area contributed by atoms with E-state index in [1.54, 1.807) is 0 Å². The van der Waals surface area contributed by atoms with Crippen molar-refractivity contribution in [1.29, 1.82) is 0 Å². The van der Waals surface area contributed by atoms with Crippen LogP contribution in [0.3, 0.4) is 0 Å². The van der Waals surface area contributed by atoms with Crippen LogP contribution in [0.1, 0.15) is 70.5 Å². The van der Waals surface area contributed by atoms with Crippen LogP contribution >= 0.6 is 0 Å². The molecular formula is C17H31N3. The predicted octanol–water partition coefficient (Wildman–Crippen LogP) is 4.07. The van der Waals surface area contributed by atoms with Gasteiger partial charge in [0, 0.05) is 13.2 Å². The molecule has 20 heavy (non-hydrogen) atoms. The Labute approximate surface area is 124 Å². The fourth-order valence-corrected chi connectivity index (χ4v) is 3.72. The molecule has 1 heterocycles. The van der Waals surface area contributed by atoms with Crippen molar-refractivity contribution >= 4 is 0 Å². The van der Waals surface area contributed by atoms with Gasteiger partial charge in [0.15, 0.2) is 0 Å². The number of aryl methyl sites for hydroxylation is 1. The maximum absolute atomic E-state index is 4.36. The highest BCUT2D eigenvalue weighted by atomic mass is 15.3. The van der Waals surface area contributed by atoms with Crippen molar-refractivity contribution in [3.63, 3.8) is 0 Å². The van der Waals surface area contributed by atoms with E-state index >= 15 is 0 Å². The van der Waals surface area contributed by atoms with Crippen molar-refractivity contribution < 1.29 is 0 Å². The number of aromatic nitrogens is 2. The van der Waals surface area contributed by atoms with E-state index in [1.165, 1.54) is 50.6 Å². The second-order valence-electron chi connectivity index (χ2n) is 6.38. The molecule has 0 aliphatic heterocycles. The minimum Gasteiger partial charge on any atom is -0.308 e. The maximum atomic E-state index is 4.36. The molecule has 1 fully saturated rings. The molecule has 1 unspecified atom stereocenters. The van der Waals surface area contributed by atoms with Crippen molar-refractivity contribution in [3.05, 3.63) is 18.0 Å². The topological polar surface area (TPSA) is 29.9 Å². The second kappa shape index (κ2) is 7.82. The summed E-state index contributed by atoms with van der Waals surface area (Å²) in [6.07, 6.45) is 11.5. The zero-order valence-corrected chi connectivity index (χ0v) is 13.4. The molecule has 0 aromatic carbocycles. The van der Waals surface area contributed by atoms with Gasteiger partial charge in [-0.25, -0.2) is 0 Å². The van der Waals surface area contributed by atoms with Crippen LogP contribution in [-0.4, -0.2) is 16.3 Å². The van der Waals surface area contributed by atoms with Gasteiger partial charge in [-0.2, -0.15) is 5.10 Å². The van der Waals surface area contributed by atoms with Crippen molar-refractivity contribution in [2.75, 3.05) is 6.54 Å². The SMILES string of the molecule is CCCNC(c1ccnn1C)C1CCC(CCC)CC1. The van der Waals surface area contributed by atoms with Gasteiger partial charge in [0.25, 0.3) is 0 Å². The number of hydrogen-bond donors (Lipinski definition) is 1. The molecule has 1 aliphatic carbocycles. The first-order valence-electron chi connectivity index (χ1n) is 8.47. The molecule has 3 nitrogen and oxygen atoms in total. The van der Waals surface area contributed by atoms with Crippen LogP contribution in [0, 0.1) is 11.8 Å². The van der Waals surface area contributed by atoms with Gasteiger partial charge in [-0.05, 0) is 43.7 Å². The second-order valence-corrected chi connectivity index (χ2v) is 6.38. The largest absolute Gasteiger partial charge is 0.308 e. The van der Waals surface area contributed by atoms with E-state index in [0.29, 0.717) is 6.04 Å². The van der Waals surface area contributed by atoms with E-state index in [2.05, 4.69) is 37.4 Å². The zero-order chi connectivity index (χ0) is 14.4. The number of hydrogen-bond acceptors (Lipinski definition) is 2. The lowest BCUT2D eigenvalue weighted by molar-refractivity contribution is 0.209. The summed E-state index contributed by atoms with van der Waals surface area (Å²) in [5, 5.41) is 8.13. The lowest BCUT2D eigenvalue weighted by atomic mass is 9.76. The van der Waals surface area contributed by atoms with Gasteiger partial charge in [0.2, 0.25) is 0 Å². The smallest absolute Gasteiger partial charge is 0.0553 e. The summed E-state index contributed by atoms with van der Waals surface area (Å²) in [5.41, 5.74) is 1.36. The van der Waals surface area contributed by atoms with Crippen LogP contribution < -0.4 is 5.32 Å². The van der Waals surface area contributed by atoms with E-state index in [1.807, 2.05) is 10.9 Å². The van der Waals surface area contributed by atoms with Crippen molar-refractivity contribution in [2.45, 2.75) is 64.8 Å². The molecule has 0 radical (unpaired) electrons. The molecule has 0 spiro atoms. The summed E-state index contributed by atoms with van der Waals surface area (Å²) in [6, 6.07) is 2.68. The standard InChI is InChI=1S/C17H31N3/c1-4-6-14-7-9-15(10-8-14)17(18-12-5-2)16-11-13-19-20(16)3/h11,13-15,17-18H,4-10,12H2,1-3H3. The van der Waals surface area contributed by atoms with Gasteiger partial charge in [-0.3, -0.25) is 4.68 Å². The van der Waals surface area contributed by atoms with Crippen LogP contribution in [0.15, 0.2) is 12.3 Å². The molecule has 1 saturated carbocycles. The highest BCUT2D eigenvalue weighted by molar-refractivity contribution is 5.08. The number of rotatable bonds is 7. The molecule has 2 rings (SSSR count). The predicted molar refractivity (Wildman–Crippen MR) is 84.6 cm³/mol. The molecular weight excluding hydrogens is 246 g/mol. The molecule has 3 heteroatoms. The third-order valence-corrected chi connectivity index (χ3v) is 4.85. The number of nitrogens with one attached hydrogen (secondary N) is 1. The van der Waals surface area contributed by atoms with Crippen LogP contribution in [0.5, 0.6) is 0 Å². The maximum Gasteiger partial charge on any atom is 0.0553 e. The van der Waals surface area contributed by atoms with E-state index in [4.69, 9.17) is 0 Å². The summed E-state index contributed by atoms with van der Waals surface area (Å²) in [7, 11) is 2.07. The lowest BCUT2D eigenvalue weighted by Crippen LogP contribution is -2.33. The summed E-state index contributed by atoms with van der Waals surface area (Å²) in [6.45, 7) is 5.66. The van der Waals surface area contributed by atoms with Gasteiger partial charge in [0.1, 0.15) is 0 Å². The quantitative estimate of drug-likeness (QED) is 0.814. The Kier molecular flexibility index (Phi) is 6.08. The average molecular weight is 277 g/mol. The first kappa shape index (κ1) is 15.6. The lowest BCUT2D eigenvalue weighted by Gasteiger charge is -2.34. The normalized spacial score (nSPS) is 24.8. The Morgan fingerprint density at radius 3 is 2.55 bits per heavy atom. The zero-order valence-electron chi connectivity index (χ0n) is 13.4. The molecule has 1 atom stereocenters. The molecule has 0 amide bonds. The van der Waals surface area contributed by atoms with Crippen molar-refractivity contribution in [3.8, 4) is 0 Å². The van der Waals surface area contributed by atoms with E-state index in [-0.39, 0.29) is 0 Å². The fourth-order valence-electron chi connectivity index (χ4n) is 3.72. The highest BCUT2D eigenvalue weighted by Gasteiger charge is 2.29. The molecule has 1 aliphatic rings. The molecule has 1 aromatic rings. The van der Waals surface area contributed by atoms with Gasteiger partial charge < -0.3 is 5.32 Å². The van der Waals surface area contributed by atoms with Crippen LogP contribution in [-0.2, 0) is 7.05 Å². The average Bonchev–Trinajstić information content (AvgIpc) is 2.88. The van der Waals surface area contributed by atoms with Crippen LogP contribution in [0.25, 0.3) is 0 Å². The summed E-state index contributed by atoms with van der Waals surface area (Å²) in [4.78, 5) is 0. The Balaban J connectivity index is 1.99.